The summed E-state index contributed by atoms with van der Waals surface area (Å²) in [7, 11) is 0. The molecule has 3 atom stereocenters. The van der Waals surface area contributed by atoms with Gasteiger partial charge in [0.2, 0.25) is 0 Å². The van der Waals surface area contributed by atoms with Gasteiger partial charge in [0.25, 0.3) is 0 Å². The van der Waals surface area contributed by atoms with Crippen molar-refractivity contribution < 1.29 is 5.11 Å². The van der Waals surface area contributed by atoms with Gasteiger partial charge in [0, 0.05) is 12.1 Å². The number of aliphatic hydroxyl groups is 1. The highest BCUT2D eigenvalue weighted by atomic mass is 16.3. The van der Waals surface area contributed by atoms with E-state index in [1.54, 1.807) is 0 Å². The third-order valence-corrected chi connectivity index (χ3v) is 3.94. The molecule has 92 valence electrons. The standard InChI is InChI=1S/C14H25NO/c1-12(16)11-14-9-5-6-10-15(14)13-7-3-2-4-8-13/h3,7,12-14,16H,2,4-6,8-11H2,1H3. The second kappa shape index (κ2) is 5.83. The summed E-state index contributed by atoms with van der Waals surface area (Å²) in [4.78, 5) is 2.64. The van der Waals surface area contributed by atoms with Crippen LogP contribution in [-0.4, -0.2) is 34.7 Å². The molecule has 0 saturated carbocycles. The number of hydrogen-bond acceptors (Lipinski definition) is 2. The zero-order valence-corrected chi connectivity index (χ0v) is 10.4. The van der Waals surface area contributed by atoms with E-state index in [9.17, 15) is 5.11 Å². The highest BCUT2D eigenvalue weighted by Gasteiger charge is 2.28. The molecule has 0 aromatic heterocycles. The number of nitrogens with zero attached hydrogens (tertiary/aromatic N) is 1. The lowest BCUT2D eigenvalue weighted by molar-refractivity contribution is 0.0644. The van der Waals surface area contributed by atoms with Crippen LogP contribution in [0.25, 0.3) is 0 Å². The summed E-state index contributed by atoms with van der Waals surface area (Å²) in [6, 6.07) is 1.26. The van der Waals surface area contributed by atoms with Crippen molar-refractivity contribution in [1.82, 2.24) is 4.90 Å². The Balaban J connectivity index is 1.97. The SMILES string of the molecule is CC(O)CC1CCCCN1C1C=CCCC1. The molecule has 1 aliphatic heterocycles. The highest BCUT2D eigenvalue weighted by Crippen LogP contribution is 2.27. The molecule has 0 spiro atoms. The Hall–Kier alpha value is -0.340. The van der Waals surface area contributed by atoms with Gasteiger partial charge in [-0.1, -0.05) is 18.6 Å². The van der Waals surface area contributed by atoms with E-state index < -0.39 is 0 Å². The average Bonchev–Trinajstić information content (AvgIpc) is 2.30. The summed E-state index contributed by atoms with van der Waals surface area (Å²) in [5.41, 5.74) is 0. The van der Waals surface area contributed by atoms with E-state index >= 15 is 0 Å². The Labute approximate surface area is 99.3 Å². The smallest absolute Gasteiger partial charge is 0.0527 e. The maximum Gasteiger partial charge on any atom is 0.0527 e. The number of aliphatic hydroxyl groups excluding tert-OH is 1. The van der Waals surface area contributed by atoms with Crippen molar-refractivity contribution >= 4 is 0 Å². The van der Waals surface area contributed by atoms with E-state index in [1.807, 2.05) is 6.92 Å². The molecule has 0 aromatic rings. The largest absolute Gasteiger partial charge is 0.393 e. The molecule has 1 saturated heterocycles. The monoisotopic (exact) mass is 223 g/mol. The molecular weight excluding hydrogens is 198 g/mol. The van der Waals surface area contributed by atoms with Crippen LogP contribution in [-0.2, 0) is 0 Å². The van der Waals surface area contributed by atoms with Gasteiger partial charge in [0.15, 0.2) is 0 Å². The lowest BCUT2D eigenvalue weighted by Gasteiger charge is -2.41. The van der Waals surface area contributed by atoms with Gasteiger partial charge in [0.05, 0.1) is 6.10 Å². The number of piperidine rings is 1. The van der Waals surface area contributed by atoms with Crippen LogP contribution in [0.3, 0.4) is 0 Å². The maximum absolute atomic E-state index is 9.58. The predicted molar refractivity (Wildman–Crippen MR) is 67.4 cm³/mol. The summed E-state index contributed by atoms with van der Waals surface area (Å²) in [6.45, 7) is 3.15. The lowest BCUT2D eigenvalue weighted by atomic mass is 9.92. The van der Waals surface area contributed by atoms with Crippen molar-refractivity contribution in [2.24, 2.45) is 0 Å². The summed E-state index contributed by atoms with van der Waals surface area (Å²) in [5.74, 6) is 0. The van der Waals surface area contributed by atoms with Crippen LogP contribution in [0.15, 0.2) is 12.2 Å². The second-order valence-corrected chi connectivity index (χ2v) is 5.40. The van der Waals surface area contributed by atoms with E-state index in [2.05, 4.69) is 17.1 Å². The van der Waals surface area contributed by atoms with Gasteiger partial charge in [-0.15, -0.1) is 0 Å². The minimum Gasteiger partial charge on any atom is -0.393 e. The normalized spacial score (nSPS) is 33.9. The molecule has 16 heavy (non-hydrogen) atoms. The molecule has 2 aliphatic rings. The first kappa shape index (κ1) is 12.1. The van der Waals surface area contributed by atoms with Crippen molar-refractivity contribution in [1.29, 1.82) is 0 Å². The molecule has 2 heteroatoms. The van der Waals surface area contributed by atoms with Gasteiger partial charge in [-0.05, 0) is 52.0 Å². The molecule has 0 aromatic carbocycles. The lowest BCUT2D eigenvalue weighted by Crippen LogP contribution is -2.47. The molecule has 1 fully saturated rings. The van der Waals surface area contributed by atoms with Crippen LogP contribution < -0.4 is 0 Å². The van der Waals surface area contributed by atoms with Gasteiger partial charge in [0.1, 0.15) is 0 Å². The van der Waals surface area contributed by atoms with Crippen LogP contribution in [0.4, 0.5) is 0 Å². The Bertz CT molecular complexity index is 237. The van der Waals surface area contributed by atoms with Gasteiger partial charge >= 0.3 is 0 Å². The molecule has 2 nitrogen and oxygen atoms in total. The fraction of sp³-hybridized carbons (Fsp3) is 0.857. The topological polar surface area (TPSA) is 23.5 Å². The van der Waals surface area contributed by atoms with Crippen LogP contribution in [0.5, 0.6) is 0 Å². The predicted octanol–water partition coefficient (Wildman–Crippen LogP) is 2.72. The fourth-order valence-corrected chi connectivity index (χ4v) is 3.18. The Morgan fingerprint density at radius 2 is 2.19 bits per heavy atom. The van der Waals surface area contributed by atoms with E-state index in [-0.39, 0.29) is 6.10 Å². The number of likely N-dealkylation sites (tertiary alicyclic amines) is 1. The van der Waals surface area contributed by atoms with E-state index in [0.717, 1.165) is 6.42 Å². The Morgan fingerprint density at radius 1 is 1.31 bits per heavy atom. The molecule has 0 amide bonds. The molecule has 1 aliphatic carbocycles. The maximum atomic E-state index is 9.58. The fourth-order valence-electron chi connectivity index (χ4n) is 3.18. The zero-order chi connectivity index (χ0) is 11.4. The second-order valence-electron chi connectivity index (χ2n) is 5.40. The molecule has 1 N–H and O–H groups in total. The van der Waals surface area contributed by atoms with E-state index in [4.69, 9.17) is 0 Å². The zero-order valence-electron chi connectivity index (χ0n) is 10.4. The van der Waals surface area contributed by atoms with Gasteiger partial charge < -0.3 is 5.11 Å². The third kappa shape index (κ3) is 3.08. The number of hydrogen-bond donors (Lipinski definition) is 1. The summed E-state index contributed by atoms with van der Waals surface area (Å²) >= 11 is 0. The van der Waals surface area contributed by atoms with Crippen LogP contribution >= 0.6 is 0 Å². The summed E-state index contributed by atoms with van der Waals surface area (Å²) in [5, 5.41) is 9.58. The number of allylic oxidation sites excluding steroid dienone is 1. The van der Waals surface area contributed by atoms with Crippen molar-refractivity contribution in [3.8, 4) is 0 Å². The molecular formula is C14H25NO. The van der Waals surface area contributed by atoms with Gasteiger partial charge in [-0.2, -0.15) is 0 Å². The van der Waals surface area contributed by atoms with Gasteiger partial charge in [-0.3, -0.25) is 4.90 Å². The molecule has 0 radical (unpaired) electrons. The average molecular weight is 223 g/mol. The van der Waals surface area contributed by atoms with Crippen molar-refractivity contribution in [2.75, 3.05) is 6.54 Å². The first-order valence-corrected chi connectivity index (χ1v) is 6.88. The van der Waals surface area contributed by atoms with Gasteiger partial charge in [-0.25, -0.2) is 0 Å². The minimum atomic E-state index is -0.154. The van der Waals surface area contributed by atoms with Crippen molar-refractivity contribution in [3.05, 3.63) is 12.2 Å². The molecule has 1 heterocycles. The summed E-state index contributed by atoms with van der Waals surface area (Å²) in [6.07, 6.45) is 13.4. The molecule has 0 bridgehead atoms. The Kier molecular flexibility index (Phi) is 4.42. The quantitative estimate of drug-likeness (QED) is 0.744. The highest BCUT2D eigenvalue weighted by molar-refractivity contribution is 5.00. The van der Waals surface area contributed by atoms with E-state index in [0.29, 0.717) is 12.1 Å². The minimum absolute atomic E-state index is 0.154. The molecule has 2 rings (SSSR count). The van der Waals surface area contributed by atoms with Crippen LogP contribution in [0.2, 0.25) is 0 Å². The Morgan fingerprint density at radius 3 is 2.88 bits per heavy atom. The van der Waals surface area contributed by atoms with Crippen molar-refractivity contribution in [2.45, 2.75) is 70.1 Å². The van der Waals surface area contributed by atoms with Crippen LogP contribution in [0, 0.1) is 0 Å². The van der Waals surface area contributed by atoms with Crippen LogP contribution in [0.1, 0.15) is 51.9 Å². The number of rotatable bonds is 3. The third-order valence-electron chi connectivity index (χ3n) is 3.94. The van der Waals surface area contributed by atoms with E-state index in [1.165, 1.54) is 45.1 Å². The first-order valence-electron chi connectivity index (χ1n) is 6.88. The molecule has 3 unspecified atom stereocenters. The first-order chi connectivity index (χ1) is 7.77. The van der Waals surface area contributed by atoms with Crippen molar-refractivity contribution in [3.63, 3.8) is 0 Å². The summed E-state index contributed by atoms with van der Waals surface area (Å²) < 4.78 is 0.